The second-order valence-electron chi connectivity index (χ2n) is 9.93. The first kappa shape index (κ1) is 26.6. The van der Waals surface area contributed by atoms with Crippen LogP contribution in [0.5, 0.6) is 0 Å². The van der Waals surface area contributed by atoms with E-state index in [0.29, 0.717) is 30.0 Å². The van der Waals surface area contributed by atoms with E-state index >= 15 is 0 Å². The smallest absolute Gasteiger partial charge is 0.321 e. The number of amides is 4. The number of nitrogens with zero attached hydrogens (tertiary/aromatic N) is 6. The number of carbonyl (C=O) groups excluding carboxylic acids is 3. The van der Waals surface area contributed by atoms with E-state index in [1.165, 1.54) is 9.80 Å². The van der Waals surface area contributed by atoms with Crippen molar-refractivity contribution in [2.45, 2.75) is 25.9 Å². The van der Waals surface area contributed by atoms with Crippen molar-refractivity contribution in [2.24, 2.45) is 7.05 Å². The molecule has 200 valence electrons. The molecule has 1 aliphatic rings. The van der Waals surface area contributed by atoms with E-state index in [2.05, 4.69) is 32.5 Å². The Morgan fingerprint density at radius 1 is 1.03 bits per heavy atom. The normalized spacial score (nSPS) is 14.5. The van der Waals surface area contributed by atoms with E-state index in [0.717, 1.165) is 29.2 Å². The van der Waals surface area contributed by atoms with Gasteiger partial charge in [-0.05, 0) is 29.8 Å². The van der Waals surface area contributed by atoms with Gasteiger partial charge < -0.3 is 25.3 Å². The molecule has 0 radical (unpaired) electrons. The Labute approximate surface area is 222 Å². The average molecular weight is 519 g/mol. The summed E-state index contributed by atoms with van der Waals surface area (Å²) in [5.41, 5.74) is 4.41. The van der Waals surface area contributed by atoms with Crippen LogP contribution in [0.4, 0.5) is 16.3 Å². The van der Waals surface area contributed by atoms with E-state index in [1.54, 1.807) is 57.3 Å². The zero-order valence-electron chi connectivity index (χ0n) is 22.6. The molecule has 11 heteroatoms. The van der Waals surface area contributed by atoms with Gasteiger partial charge in [0.1, 0.15) is 5.82 Å². The minimum Gasteiger partial charge on any atom is -0.351 e. The first-order valence-corrected chi connectivity index (χ1v) is 12.4. The van der Waals surface area contributed by atoms with Crippen molar-refractivity contribution in [3.63, 3.8) is 0 Å². The molecule has 3 heterocycles. The fraction of sp³-hybridized carbons (Fsp3) is 0.370. The van der Waals surface area contributed by atoms with Crippen molar-refractivity contribution in [2.75, 3.05) is 45.0 Å². The van der Waals surface area contributed by atoms with Gasteiger partial charge in [-0.1, -0.05) is 19.1 Å². The molecule has 1 aliphatic heterocycles. The third kappa shape index (κ3) is 5.61. The van der Waals surface area contributed by atoms with Crippen molar-refractivity contribution in [3.05, 3.63) is 70.7 Å². The lowest BCUT2D eigenvalue weighted by molar-refractivity contribution is 0.0826. The Morgan fingerprint density at radius 3 is 2.34 bits per heavy atom. The van der Waals surface area contributed by atoms with Gasteiger partial charge in [-0.2, -0.15) is 5.10 Å². The van der Waals surface area contributed by atoms with Gasteiger partial charge in [-0.3, -0.25) is 14.3 Å². The highest BCUT2D eigenvalue weighted by Crippen LogP contribution is 2.32. The number of fused-ring (bicyclic) bond motifs is 1. The van der Waals surface area contributed by atoms with Gasteiger partial charge in [-0.25, -0.2) is 9.78 Å². The summed E-state index contributed by atoms with van der Waals surface area (Å²) in [6.45, 7) is 3.64. The van der Waals surface area contributed by atoms with Crippen LogP contribution in [0.25, 0.3) is 0 Å². The molecule has 4 rings (SSSR count). The molecule has 1 aromatic carbocycles. The van der Waals surface area contributed by atoms with Crippen LogP contribution in [0, 0.1) is 0 Å². The van der Waals surface area contributed by atoms with Crippen LogP contribution in [-0.2, 0) is 20.1 Å². The SMILES string of the molecule is C[C@@H]1CN(c2ccc(C(=O)N(C)C)cn2)Cc2c(C(=O)NCc3ccc(NC(=O)N(C)C)cc3)nn(C)c21. The molecule has 2 aromatic heterocycles. The van der Waals surface area contributed by atoms with Crippen molar-refractivity contribution < 1.29 is 14.4 Å². The molecule has 11 nitrogen and oxygen atoms in total. The standard InChI is InChI=1S/C27H34N8O3/c1-17-15-35(22-12-9-19(14-28-22)26(37)32(2)3)16-21-23(31-34(6)24(17)21)25(36)29-13-18-7-10-20(11-8-18)30-27(38)33(4)5/h7-12,14,17H,13,15-16H2,1-6H3,(H,29,36)(H,30,38)/t17-/m1/s1. The van der Waals surface area contributed by atoms with Crippen molar-refractivity contribution in [1.29, 1.82) is 0 Å². The summed E-state index contributed by atoms with van der Waals surface area (Å²) in [5.74, 6) is 0.528. The number of hydrogen-bond acceptors (Lipinski definition) is 6. The molecule has 0 saturated carbocycles. The largest absolute Gasteiger partial charge is 0.351 e. The number of urea groups is 1. The van der Waals surface area contributed by atoms with Gasteiger partial charge in [-0.15, -0.1) is 0 Å². The summed E-state index contributed by atoms with van der Waals surface area (Å²) in [6, 6.07) is 10.7. The molecule has 38 heavy (non-hydrogen) atoms. The van der Waals surface area contributed by atoms with E-state index < -0.39 is 0 Å². The van der Waals surface area contributed by atoms with Crippen molar-refractivity contribution >= 4 is 29.4 Å². The summed E-state index contributed by atoms with van der Waals surface area (Å²) < 4.78 is 1.79. The second kappa shape index (κ2) is 10.9. The quantitative estimate of drug-likeness (QED) is 0.518. The number of hydrogen-bond donors (Lipinski definition) is 2. The minimum atomic E-state index is -0.249. The first-order valence-electron chi connectivity index (χ1n) is 12.4. The lowest BCUT2D eigenvalue weighted by Gasteiger charge is -2.32. The van der Waals surface area contributed by atoms with Crippen LogP contribution in [0.15, 0.2) is 42.6 Å². The first-order chi connectivity index (χ1) is 18.0. The van der Waals surface area contributed by atoms with Crippen LogP contribution in [0.2, 0.25) is 0 Å². The monoisotopic (exact) mass is 518 g/mol. The molecule has 1 atom stereocenters. The molecule has 0 unspecified atom stereocenters. The Morgan fingerprint density at radius 2 is 1.74 bits per heavy atom. The molecule has 2 N–H and O–H groups in total. The average Bonchev–Trinajstić information content (AvgIpc) is 3.24. The number of anilines is 2. The molecule has 4 amide bonds. The molecule has 0 fully saturated rings. The summed E-state index contributed by atoms with van der Waals surface area (Å²) in [6.07, 6.45) is 1.59. The maximum Gasteiger partial charge on any atom is 0.321 e. The number of aromatic nitrogens is 3. The number of pyridine rings is 1. The Balaban J connectivity index is 1.46. The van der Waals surface area contributed by atoms with Crippen LogP contribution in [0.1, 0.15) is 50.5 Å². The Kier molecular flexibility index (Phi) is 7.65. The third-order valence-corrected chi connectivity index (χ3v) is 6.51. The molecule has 0 spiro atoms. The molecule has 0 bridgehead atoms. The van der Waals surface area contributed by atoms with E-state index in [4.69, 9.17) is 0 Å². The van der Waals surface area contributed by atoms with Gasteiger partial charge in [0, 0.05) is 83.9 Å². The van der Waals surface area contributed by atoms with E-state index in [9.17, 15) is 14.4 Å². The maximum absolute atomic E-state index is 13.2. The van der Waals surface area contributed by atoms with Crippen molar-refractivity contribution in [1.82, 2.24) is 29.9 Å². The van der Waals surface area contributed by atoms with Gasteiger partial charge in [0.2, 0.25) is 0 Å². The summed E-state index contributed by atoms with van der Waals surface area (Å²) in [4.78, 5) is 46.8. The summed E-state index contributed by atoms with van der Waals surface area (Å²) in [7, 11) is 8.63. The summed E-state index contributed by atoms with van der Waals surface area (Å²) >= 11 is 0. The Hall–Kier alpha value is -4.41. The molecule has 0 aliphatic carbocycles. The highest BCUT2D eigenvalue weighted by molar-refractivity contribution is 5.95. The molecule has 0 saturated heterocycles. The number of carbonyl (C=O) groups is 3. The van der Waals surface area contributed by atoms with Crippen molar-refractivity contribution in [3.8, 4) is 0 Å². The fourth-order valence-electron chi connectivity index (χ4n) is 4.55. The van der Waals surface area contributed by atoms with E-state index in [1.807, 2.05) is 25.2 Å². The number of nitrogens with one attached hydrogen (secondary N) is 2. The van der Waals surface area contributed by atoms with Gasteiger partial charge in [0.15, 0.2) is 5.69 Å². The van der Waals surface area contributed by atoms with E-state index in [-0.39, 0.29) is 23.8 Å². The maximum atomic E-state index is 13.2. The topological polar surface area (TPSA) is 116 Å². The van der Waals surface area contributed by atoms with Gasteiger partial charge >= 0.3 is 6.03 Å². The number of aryl methyl sites for hydroxylation is 1. The molecule has 3 aromatic rings. The predicted octanol–water partition coefficient (Wildman–Crippen LogP) is 2.66. The van der Waals surface area contributed by atoms with Crippen LogP contribution < -0.4 is 15.5 Å². The fourth-order valence-corrected chi connectivity index (χ4v) is 4.55. The van der Waals surface area contributed by atoms with Crippen LogP contribution >= 0.6 is 0 Å². The summed E-state index contributed by atoms with van der Waals surface area (Å²) in [5, 5.41) is 10.3. The van der Waals surface area contributed by atoms with Gasteiger partial charge in [0.25, 0.3) is 11.8 Å². The number of benzene rings is 1. The lowest BCUT2D eigenvalue weighted by Crippen LogP contribution is -2.35. The third-order valence-electron chi connectivity index (χ3n) is 6.51. The highest BCUT2D eigenvalue weighted by atomic mass is 16.2. The molecular weight excluding hydrogens is 484 g/mol. The van der Waals surface area contributed by atoms with Crippen LogP contribution in [-0.4, -0.2) is 77.1 Å². The lowest BCUT2D eigenvalue weighted by atomic mass is 9.96. The zero-order valence-corrected chi connectivity index (χ0v) is 22.6. The van der Waals surface area contributed by atoms with Gasteiger partial charge in [0.05, 0.1) is 5.56 Å². The predicted molar refractivity (Wildman–Crippen MR) is 145 cm³/mol. The minimum absolute atomic E-state index is 0.0995. The second-order valence-corrected chi connectivity index (χ2v) is 9.93. The van der Waals surface area contributed by atoms with Crippen LogP contribution in [0.3, 0.4) is 0 Å². The molecular formula is C27H34N8O3. The zero-order chi connectivity index (χ0) is 27.6. The number of rotatable bonds is 6. The highest BCUT2D eigenvalue weighted by Gasteiger charge is 2.32. The Bertz CT molecular complexity index is 1330.